The van der Waals surface area contributed by atoms with Crippen LogP contribution in [0.25, 0.3) is 0 Å². The van der Waals surface area contributed by atoms with Crippen molar-refractivity contribution in [3.05, 3.63) is 35.6 Å². The van der Waals surface area contributed by atoms with Crippen molar-refractivity contribution in [1.29, 1.82) is 0 Å². The van der Waals surface area contributed by atoms with Crippen LogP contribution in [0.2, 0.25) is 0 Å². The summed E-state index contributed by atoms with van der Waals surface area (Å²) in [6.07, 6.45) is 1.18. The Kier molecular flexibility index (Phi) is 4.14. The molecule has 2 amide bonds. The van der Waals surface area contributed by atoms with Gasteiger partial charge in [0.15, 0.2) is 0 Å². The number of halogens is 1. The highest BCUT2D eigenvalue weighted by Gasteiger charge is 2.27. The Labute approximate surface area is 111 Å². The summed E-state index contributed by atoms with van der Waals surface area (Å²) in [4.78, 5) is 25.1. The maximum Gasteiger partial charge on any atom is 0.254 e. The zero-order chi connectivity index (χ0) is 13.8. The number of likely N-dealkylation sites (tertiary alicyclic amines) is 1. The van der Waals surface area contributed by atoms with Crippen LogP contribution in [0.5, 0.6) is 0 Å². The van der Waals surface area contributed by atoms with Gasteiger partial charge < -0.3 is 10.2 Å². The molecule has 1 unspecified atom stereocenters. The van der Waals surface area contributed by atoms with E-state index in [4.69, 9.17) is 0 Å². The molecule has 1 aliphatic heterocycles. The van der Waals surface area contributed by atoms with Crippen molar-refractivity contribution in [3.8, 4) is 0 Å². The van der Waals surface area contributed by atoms with Crippen molar-refractivity contribution in [3.63, 3.8) is 0 Å². The van der Waals surface area contributed by atoms with Gasteiger partial charge in [0.1, 0.15) is 5.82 Å². The molecule has 0 saturated carbocycles. The van der Waals surface area contributed by atoms with Crippen molar-refractivity contribution in [2.75, 3.05) is 13.1 Å². The second kappa shape index (κ2) is 5.82. The van der Waals surface area contributed by atoms with E-state index >= 15 is 0 Å². The molecule has 1 aliphatic rings. The fourth-order valence-electron chi connectivity index (χ4n) is 2.20. The third-order valence-corrected chi connectivity index (χ3v) is 3.23. The molecule has 1 aromatic rings. The van der Waals surface area contributed by atoms with E-state index < -0.39 is 5.82 Å². The standard InChI is InChI=1S/C14H17FN2O2/c1-2-13(18)16-12-6-7-17(9-12)14(19)10-4-3-5-11(15)8-10/h3-5,8,12H,2,6-7,9H2,1H3,(H,16,18). The Bertz CT molecular complexity index is 490. The average molecular weight is 264 g/mol. The molecule has 5 heteroatoms. The number of nitrogens with one attached hydrogen (secondary N) is 1. The van der Waals surface area contributed by atoms with E-state index in [9.17, 15) is 14.0 Å². The summed E-state index contributed by atoms with van der Waals surface area (Å²) in [5.74, 6) is -0.612. The van der Waals surface area contributed by atoms with Crippen LogP contribution in [0.15, 0.2) is 24.3 Å². The first-order valence-corrected chi connectivity index (χ1v) is 6.44. The number of amides is 2. The maximum absolute atomic E-state index is 13.1. The summed E-state index contributed by atoms with van der Waals surface area (Å²) in [6, 6.07) is 5.67. The quantitative estimate of drug-likeness (QED) is 0.900. The first-order valence-electron chi connectivity index (χ1n) is 6.44. The minimum Gasteiger partial charge on any atom is -0.352 e. The molecule has 1 N–H and O–H groups in total. The number of hydrogen-bond donors (Lipinski definition) is 1. The number of benzene rings is 1. The van der Waals surface area contributed by atoms with Gasteiger partial charge in [-0.2, -0.15) is 0 Å². The Balaban J connectivity index is 1.97. The summed E-state index contributed by atoms with van der Waals surface area (Å²) < 4.78 is 13.1. The highest BCUT2D eigenvalue weighted by atomic mass is 19.1. The van der Waals surface area contributed by atoms with E-state index in [1.54, 1.807) is 17.9 Å². The van der Waals surface area contributed by atoms with E-state index in [2.05, 4.69) is 5.32 Å². The molecular formula is C14H17FN2O2. The van der Waals surface area contributed by atoms with E-state index in [1.165, 1.54) is 18.2 Å². The zero-order valence-corrected chi connectivity index (χ0v) is 10.9. The summed E-state index contributed by atoms with van der Waals surface area (Å²) in [6.45, 7) is 2.87. The summed E-state index contributed by atoms with van der Waals surface area (Å²) in [5.41, 5.74) is 0.350. The fraction of sp³-hybridized carbons (Fsp3) is 0.429. The highest BCUT2D eigenvalue weighted by Crippen LogP contribution is 2.14. The molecule has 4 nitrogen and oxygen atoms in total. The Morgan fingerprint density at radius 2 is 2.26 bits per heavy atom. The third kappa shape index (κ3) is 3.30. The van der Waals surface area contributed by atoms with Crippen molar-refractivity contribution in [2.45, 2.75) is 25.8 Å². The van der Waals surface area contributed by atoms with E-state index in [-0.39, 0.29) is 17.9 Å². The van der Waals surface area contributed by atoms with Gasteiger partial charge in [0.05, 0.1) is 0 Å². The molecular weight excluding hydrogens is 247 g/mol. The van der Waals surface area contributed by atoms with Gasteiger partial charge in [-0.3, -0.25) is 9.59 Å². The molecule has 0 bridgehead atoms. The van der Waals surface area contributed by atoms with Gasteiger partial charge in [0.25, 0.3) is 5.91 Å². The smallest absolute Gasteiger partial charge is 0.254 e. The van der Waals surface area contributed by atoms with E-state index in [0.717, 1.165) is 6.42 Å². The lowest BCUT2D eigenvalue weighted by Crippen LogP contribution is -2.38. The minimum atomic E-state index is -0.416. The van der Waals surface area contributed by atoms with Crippen LogP contribution in [0.3, 0.4) is 0 Å². The molecule has 0 aliphatic carbocycles. The Hall–Kier alpha value is -1.91. The predicted octanol–water partition coefficient (Wildman–Crippen LogP) is 1.57. The van der Waals surface area contributed by atoms with Gasteiger partial charge >= 0.3 is 0 Å². The zero-order valence-electron chi connectivity index (χ0n) is 10.9. The van der Waals surface area contributed by atoms with Crippen LogP contribution in [0.4, 0.5) is 4.39 Å². The Morgan fingerprint density at radius 3 is 2.95 bits per heavy atom. The van der Waals surface area contributed by atoms with Crippen LogP contribution in [0, 0.1) is 5.82 Å². The summed E-state index contributed by atoms with van der Waals surface area (Å²) in [7, 11) is 0. The molecule has 0 radical (unpaired) electrons. The van der Waals surface area contributed by atoms with Crippen molar-refractivity contribution in [1.82, 2.24) is 10.2 Å². The van der Waals surface area contributed by atoms with Gasteiger partial charge in [0.2, 0.25) is 5.91 Å². The third-order valence-electron chi connectivity index (χ3n) is 3.23. The second-order valence-corrected chi connectivity index (χ2v) is 4.67. The monoisotopic (exact) mass is 264 g/mol. The Morgan fingerprint density at radius 1 is 1.47 bits per heavy atom. The van der Waals surface area contributed by atoms with Crippen LogP contribution < -0.4 is 5.32 Å². The maximum atomic E-state index is 13.1. The molecule has 1 atom stereocenters. The van der Waals surface area contributed by atoms with Crippen LogP contribution in [-0.2, 0) is 4.79 Å². The highest BCUT2D eigenvalue weighted by molar-refractivity contribution is 5.94. The first-order chi connectivity index (χ1) is 9.10. The average Bonchev–Trinajstić information content (AvgIpc) is 2.86. The molecule has 1 fully saturated rings. The molecule has 1 saturated heterocycles. The molecule has 1 aromatic carbocycles. The topological polar surface area (TPSA) is 49.4 Å². The molecule has 0 aromatic heterocycles. The lowest BCUT2D eigenvalue weighted by atomic mass is 10.2. The number of rotatable bonds is 3. The van der Waals surface area contributed by atoms with Gasteiger partial charge in [-0.25, -0.2) is 4.39 Å². The summed E-state index contributed by atoms with van der Waals surface area (Å²) >= 11 is 0. The number of carbonyl (C=O) groups excluding carboxylic acids is 2. The van der Waals surface area contributed by atoms with Crippen molar-refractivity contribution >= 4 is 11.8 Å². The van der Waals surface area contributed by atoms with Crippen LogP contribution in [0.1, 0.15) is 30.1 Å². The number of hydrogen-bond acceptors (Lipinski definition) is 2. The van der Waals surface area contributed by atoms with Gasteiger partial charge in [-0.1, -0.05) is 13.0 Å². The molecule has 19 heavy (non-hydrogen) atoms. The molecule has 1 heterocycles. The van der Waals surface area contributed by atoms with Crippen molar-refractivity contribution < 1.29 is 14.0 Å². The van der Waals surface area contributed by atoms with Gasteiger partial charge in [-0.05, 0) is 24.6 Å². The first kappa shape index (κ1) is 13.5. The number of carbonyl (C=O) groups is 2. The molecule has 102 valence electrons. The minimum absolute atomic E-state index is 0.00459. The van der Waals surface area contributed by atoms with E-state index in [1.807, 2.05) is 0 Å². The van der Waals surface area contributed by atoms with Crippen LogP contribution in [-0.4, -0.2) is 35.8 Å². The fourth-order valence-corrected chi connectivity index (χ4v) is 2.20. The SMILES string of the molecule is CCC(=O)NC1CCN(C(=O)c2cccc(F)c2)C1. The van der Waals surface area contributed by atoms with Crippen LogP contribution >= 0.6 is 0 Å². The lowest BCUT2D eigenvalue weighted by molar-refractivity contribution is -0.121. The predicted molar refractivity (Wildman–Crippen MR) is 69.1 cm³/mol. The van der Waals surface area contributed by atoms with Gasteiger partial charge in [-0.15, -0.1) is 0 Å². The largest absolute Gasteiger partial charge is 0.352 e. The van der Waals surface area contributed by atoms with E-state index in [0.29, 0.717) is 25.1 Å². The normalized spacial score (nSPS) is 18.4. The number of nitrogens with zero attached hydrogens (tertiary/aromatic N) is 1. The molecule has 0 spiro atoms. The summed E-state index contributed by atoms with van der Waals surface area (Å²) in [5, 5.41) is 2.87. The lowest BCUT2D eigenvalue weighted by Gasteiger charge is -2.17. The molecule has 2 rings (SSSR count). The van der Waals surface area contributed by atoms with Gasteiger partial charge in [0, 0.05) is 31.1 Å². The second-order valence-electron chi connectivity index (χ2n) is 4.67. The van der Waals surface area contributed by atoms with Crippen molar-refractivity contribution in [2.24, 2.45) is 0 Å².